The summed E-state index contributed by atoms with van der Waals surface area (Å²) in [6.45, 7) is 2.64. The van der Waals surface area contributed by atoms with E-state index in [1.807, 2.05) is 29.2 Å². The number of piperidine rings is 1. The molecule has 1 aliphatic heterocycles. The fraction of sp³-hybridized carbons (Fsp3) is 0.533. The molecule has 3 rings (SSSR count). The lowest BCUT2D eigenvalue weighted by Gasteiger charge is -2.27. The number of nitrogens with zero attached hydrogens (tertiary/aromatic N) is 1. The SMILES string of the molecule is CC(O)c1ccc(NC(=O)N2CC3CCC2C3)cc1. The molecule has 19 heavy (non-hydrogen) atoms. The van der Waals surface area contributed by atoms with Gasteiger partial charge in [-0.15, -0.1) is 0 Å². The van der Waals surface area contributed by atoms with E-state index in [4.69, 9.17) is 0 Å². The number of amides is 2. The molecular formula is C15H20N2O2. The molecule has 2 amide bonds. The molecular weight excluding hydrogens is 240 g/mol. The first-order valence-electron chi connectivity index (χ1n) is 6.99. The molecule has 0 radical (unpaired) electrons. The first-order chi connectivity index (χ1) is 9.13. The Bertz CT molecular complexity index is 470. The van der Waals surface area contributed by atoms with Crippen molar-refractivity contribution in [2.24, 2.45) is 5.92 Å². The van der Waals surface area contributed by atoms with Crippen LogP contribution < -0.4 is 5.32 Å². The average Bonchev–Trinajstić information content (AvgIpc) is 3.01. The number of carbonyl (C=O) groups is 1. The van der Waals surface area contributed by atoms with E-state index >= 15 is 0 Å². The van der Waals surface area contributed by atoms with Gasteiger partial charge in [0.1, 0.15) is 0 Å². The summed E-state index contributed by atoms with van der Waals surface area (Å²) >= 11 is 0. The number of fused-ring (bicyclic) bond motifs is 2. The largest absolute Gasteiger partial charge is 0.389 e. The van der Waals surface area contributed by atoms with Crippen molar-refractivity contribution >= 4 is 11.7 Å². The number of anilines is 1. The van der Waals surface area contributed by atoms with Crippen molar-refractivity contribution in [1.29, 1.82) is 0 Å². The first kappa shape index (κ1) is 12.5. The summed E-state index contributed by atoms with van der Waals surface area (Å²) in [7, 11) is 0. The molecule has 3 unspecified atom stereocenters. The second-order valence-electron chi connectivity index (χ2n) is 5.71. The highest BCUT2D eigenvalue weighted by atomic mass is 16.3. The van der Waals surface area contributed by atoms with E-state index in [-0.39, 0.29) is 6.03 Å². The van der Waals surface area contributed by atoms with Crippen LogP contribution in [0.15, 0.2) is 24.3 Å². The predicted molar refractivity (Wildman–Crippen MR) is 73.9 cm³/mol. The van der Waals surface area contributed by atoms with Crippen molar-refractivity contribution in [2.45, 2.75) is 38.3 Å². The van der Waals surface area contributed by atoms with Gasteiger partial charge in [0.2, 0.25) is 0 Å². The van der Waals surface area contributed by atoms with Crippen molar-refractivity contribution in [1.82, 2.24) is 4.90 Å². The van der Waals surface area contributed by atoms with E-state index in [0.717, 1.165) is 24.2 Å². The van der Waals surface area contributed by atoms with Crippen LogP contribution in [0.1, 0.15) is 37.9 Å². The van der Waals surface area contributed by atoms with Gasteiger partial charge < -0.3 is 15.3 Å². The molecule has 2 aliphatic rings. The Kier molecular flexibility index (Phi) is 3.19. The molecule has 1 aliphatic carbocycles. The summed E-state index contributed by atoms with van der Waals surface area (Å²) in [4.78, 5) is 14.2. The molecule has 0 aromatic heterocycles. The average molecular weight is 260 g/mol. The minimum Gasteiger partial charge on any atom is -0.389 e. The molecule has 102 valence electrons. The van der Waals surface area contributed by atoms with E-state index in [1.54, 1.807) is 6.92 Å². The third-order valence-electron chi connectivity index (χ3n) is 4.31. The van der Waals surface area contributed by atoms with E-state index in [1.165, 1.54) is 12.8 Å². The van der Waals surface area contributed by atoms with Gasteiger partial charge in [-0.1, -0.05) is 12.1 Å². The van der Waals surface area contributed by atoms with E-state index in [2.05, 4.69) is 5.32 Å². The molecule has 2 fully saturated rings. The number of urea groups is 1. The zero-order valence-corrected chi connectivity index (χ0v) is 11.2. The summed E-state index contributed by atoms with van der Waals surface area (Å²) in [6, 6.07) is 7.83. The number of hydrogen-bond donors (Lipinski definition) is 2. The third-order valence-corrected chi connectivity index (χ3v) is 4.31. The van der Waals surface area contributed by atoms with Gasteiger partial charge in [0.25, 0.3) is 0 Å². The van der Waals surface area contributed by atoms with Crippen molar-refractivity contribution in [2.75, 3.05) is 11.9 Å². The number of aliphatic hydroxyl groups is 1. The minimum absolute atomic E-state index is 0.0111. The van der Waals surface area contributed by atoms with Gasteiger partial charge in [-0.25, -0.2) is 4.79 Å². The Hall–Kier alpha value is -1.55. The number of aliphatic hydroxyl groups excluding tert-OH is 1. The quantitative estimate of drug-likeness (QED) is 0.859. The maximum absolute atomic E-state index is 12.2. The first-order valence-corrected chi connectivity index (χ1v) is 6.99. The molecule has 2 bridgehead atoms. The number of nitrogens with one attached hydrogen (secondary N) is 1. The summed E-state index contributed by atoms with van der Waals surface area (Å²) in [6.07, 6.45) is 3.13. The molecule has 3 atom stereocenters. The Morgan fingerprint density at radius 3 is 2.63 bits per heavy atom. The monoisotopic (exact) mass is 260 g/mol. The lowest BCUT2D eigenvalue weighted by atomic mass is 10.1. The molecule has 1 aromatic carbocycles. The zero-order valence-electron chi connectivity index (χ0n) is 11.2. The van der Waals surface area contributed by atoms with Crippen LogP contribution in [0, 0.1) is 5.92 Å². The number of carbonyl (C=O) groups excluding carboxylic acids is 1. The van der Waals surface area contributed by atoms with Gasteiger partial charge in [0, 0.05) is 18.3 Å². The maximum Gasteiger partial charge on any atom is 0.322 e. The molecule has 1 saturated heterocycles. The number of rotatable bonds is 2. The van der Waals surface area contributed by atoms with Gasteiger partial charge in [0.15, 0.2) is 0 Å². The van der Waals surface area contributed by atoms with Crippen molar-refractivity contribution in [3.8, 4) is 0 Å². The molecule has 1 aromatic rings. The lowest BCUT2D eigenvalue weighted by Crippen LogP contribution is -2.40. The van der Waals surface area contributed by atoms with Gasteiger partial charge in [0.05, 0.1) is 6.10 Å². The fourth-order valence-electron chi connectivity index (χ4n) is 3.21. The normalized spacial score (nSPS) is 26.5. The Morgan fingerprint density at radius 2 is 2.11 bits per heavy atom. The standard InChI is InChI=1S/C15H20N2O2/c1-10(18)12-3-5-13(6-4-12)16-15(19)17-9-11-2-7-14(17)8-11/h3-6,10-11,14,18H,2,7-9H2,1H3,(H,16,19). The molecule has 1 saturated carbocycles. The summed E-state index contributed by atoms with van der Waals surface area (Å²) in [5.74, 6) is 0.716. The van der Waals surface area contributed by atoms with Crippen LogP contribution >= 0.6 is 0 Å². The van der Waals surface area contributed by atoms with Crippen LogP contribution in [0.25, 0.3) is 0 Å². The van der Waals surface area contributed by atoms with Crippen LogP contribution in [-0.4, -0.2) is 28.6 Å². The Morgan fingerprint density at radius 1 is 1.37 bits per heavy atom. The van der Waals surface area contributed by atoms with Crippen LogP contribution in [-0.2, 0) is 0 Å². The van der Waals surface area contributed by atoms with Crippen molar-refractivity contribution in [3.63, 3.8) is 0 Å². The predicted octanol–water partition coefficient (Wildman–Crippen LogP) is 2.76. The van der Waals surface area contributed by atoms with Gasteiger partial charge in [-0.3, -0.25) is 0 Å². The van der Waals surface area contributed by atoms with Crippen LogP contribution in [0.3, 0.4) is 0 Å². The molecule has 2 N–H and O–H groups in total. The molecule has 1 heterocycles. The highest BCUT2D eigenvalue weighted by Gasteiger charge is 2.40. The molecule has 4 heteroatoms. The van der Waals surface area contributed by atoms with Gasteiger partial charge in [-0.05, 0) is 49.8 Å². The highest BCUT2D eigenvalue weighted by Crippen LogP contribution is 2.37. The fourth-order valence-corrected chi connectivity index (χ4v) is 3.21. The van der Waals surface area contributed by atoms with E-state index in [9.17, 15) is 9.90 Å². The Balaban J connectivity index is 1.63. The Labute approximate surface area is 113 Å². The van der Waals surface area contributed by atoms with Gasteiger partial charge >= 0.3 is 6.03 Å². The number of hydrogen-bond acceptors (Lipinski definition) is 2. The third kappa shape index (κ3) is 2.45. The van der Waals surface area contributed by atoms with Gasteiger partial charge in [-0.2, -0.15) is 0 Å². The smallest absolute Gasteiger partial charge is 0.322 e. The van der Waals surface area contributed by atoms with Crippen LogP contribution in [0.2, 0.25) is 0 Å². The maximum atomic E-state index is 12.2. The van der Waals surface area contributed by atoms with Crippen LogP contribution in [0.4, 0.5) is 10.5 Å². The van der Waals surface area contributed by atoms with E-state index < -0.39 is 6.10 Å². The second kappa shape index (κ2) is 4.85. The van der Waals surface area contributed by atoms with E-state index in [0.29, 0.717) is 12.0 Å². The number of benzene rings is 1. The molecule has 0 spiro atoms. The topological polar surface area (TPSA) is 52.6 Å². The second-order valence-corrected chi connectivity index (χ2v) is 5.71. The lowest BCUT2D eigenvalue weighted by molar-refractivity contribution is 0.194. The van der Waals surface area contributed by atoms with Crippen LogP contribution in [0.5, 0.6) is 0 Å². The summed E-state index contributed by atoms with van der Waals surface area (Å²) in [5.41, 5.74) is 1.65. The molecule has 4 nitrogen and oxygen atoms in total. The highest BCUT2D eigenvalue weighted by molar-refractivity contribution is 5.89. The van der Waals surface area contributed by atoms with Crippen molar-refractivity contribution in [3.05, 3.63) is 29.8 Å². The summed E-state index contributed by atoms with van der Waals surface area (Å²) < 4.78 is 0. The summed E-state index contributed by atoms with van der Waals surface area (Å²) in [5, 5.41) is 12.4. The zero-order chi connectivity index (χ0) is 13.4. The minimum atomic E-state index is -0.473. The van der Waals surface area contributed by atoms with Crippen molar-refractivity contribution < 1.29 is 9.90 Å². The number of likely N-dealkylation sites (tertiary alicyclic amines) is 1.